The summed E-state index contributed by atoms with van der Waals surface area (Å²) in [6.07, 6.45) is 6.91. The summed E-state index contributed by atoms with van der Waals surface area (Å²) in [6, 6.07) is 0.588. The lowest BCUT2D eigenvalue weighted by molar-refractivity contribution is -0.141. The van der Waals surface area contributed by atoms with Gasteiger partial charge in [-0.15, -0.1) is 0 Å². The number of piperidine rings is 2. The van der Waals surface area contributed by atoms with Crippen LogP contribution in [0.4, 0.5) is 0 Å². The van der Waals surface area contributed by atoms with E-state index in [0.717, 1.165) is 77.8 Å². The molecule has 0 aromatic heterocycles. The van der Waals surface area contributed by atoms with E-state index in [2.05, 4.69) is 16.7 Å². The van der Waals surface area contributed by atoms with Gasteiger partial charge in [-0.25, -0.2) is 0 Å². The number of ether oxygens (including phenoxy) is 1. The summed E-state index contributed by atoms with van der Waals surface area (Å²) in [7, 11) is 0. The smallest absolute Gasteiger partial charge is 0.225 e. The minimum atomic E-state index is 0.195. The fraction of sp³-hybridized carbons (Fsp3) is 0.900. The normalized spacial score (nSPS) is 24.0. The fourth-order valence-electron chi connectivity index (χ4n) is 4.52. The first-order valence-corrected chi connectivity index (χ1v) is 10.6. The molecule has 0 N–H and O–H groups in total. The van der Waals surface area contributed by atoms with Crippen LogP contribution in [0.2, 0.25) is 0 Å². The maximum Gasteiger partial charge on any atom is 0.225 e. The minimum absolute atomic E-state index is 0.195. The molecule has 3 aliphatic rings. The number of morpholine rings is 1. The second-order valence-corrected chi connectivity index (χ2v) is 7.96. The molecule has 2 amide bonds. The molecule has 148 valence electrons. The third-order valence-electron chi connectivity index (χ3n) is 6.28. The predicted octanol–water partition coefficient (Wildman–Crippen LogP) is 1.74. The van der Waals surface area contributed by atoms with E-state index >= 15 is 0 Å². The molecule has 3 rings (SSSR count). The lowest BCUT2D eigenvalue weighted by Crippen LogP contribution is -2.51. The van der Waals surface area contributed by atoms with Crippen LogP contribution in [0.3, 0.4) is 0 Å². The number of carbonyl (C=O) groups excluding carboxylic acids is 2. The number of hydrogen-bond acceptors (Lipinski definition) is 4. The standard InChI is InChI=1S/C20H35N3O3/c1-2-3-4-19(24)22-11-7-18(8-12-22)21-9-5-17(6-10-21)20(25)23-13-15-26-16-14-23/h17-18H,2-16H2,1H3. The van der Waals surface area contributed by atoms with Gasteiger partial charge in [0.05, 0.1) is 13.2 Å². The van der Waals surface area contributed by atoms with E-state index < -0.39 is 0 Å². The van der Waals surface area contributed by atoms with E-state index in [0.29, 0.717) is 37.5 Å². The lowest BCUT2D eigenvalue weighted by atomic mass is 9.92. The van der Waals surface area contributed by atoms with Crippen LogP contribution in [0.5, 0.6) is 0 Å². The molecule has 3 aliphatic heterocycles. The Morgan fingerprint density at radius 1 is 0.885 bits per heavy atom. The summed E-state index contributed by atoms with van der Waals surface area (Å²) >= 11 is 0. The average molecular weight is 366 g/mol. The monoisotopic (exact) mass is 365 g/mol. The number of hydrogen-bond donors (Lipinski definition) is 0. The summed E-state index contributed by atoms with van der Waals surface area (Å²) in [4.78, 5) is 31.4. The Morgan fingerprint density at radius 2 is 1.54 bits per heavy atom. The fourth-order valence-corrected chi connectivity index (χ4v) is 4.52. The maximum absolute atomic E-state index is 12.6. The van der Waals surface area contributed by atoms with Gasteiger partial charge in [0, 0.05) is 44.6 Å². The Kier molecular flexibility index (Phi) is 7.32. The van der Waals surface area contributed by atoms with E-state index in [9.17, 15) is 9.59 Å². The third-order valence-corrected chi connectivity index (χ3v) is 6.28. The van der Waals surface area contributed by atoms with Crippen molar-refractivity contribution < 1.29 is 14.3 Å². The van der Waals surface area contributed by atoms with E-state index in [4.69, 9.17) is 4.74 Å². The number of unbranched alkanes of at least 4 members (excludes halogenated alkanes) is 1. The van der Waals surface area contributed by atoms with Crippen molar-refractivity contribution in [3.05, 3.63) is 0 Å². The molecule has 0 unspecified atom stereocenters. The van der Waals surface area contributed by atoms with Gasteiger partial charge < -0.3 is 19.4 Å². The van der Waals surface area contributed by atoms with Gasteiger partial charge >= 0.3 is 0 Å². The molecule has 0 saturated carbocycles. The molecule has 0 aromatic carbocycles. The number of likely N-dealkylation sites (tertiary alicyclic amines) is 2. The van der Waals surface area contributed by atoms with Gasteiger partial charge in [-0.3, -0.25) is 9.59 Å². The van der Waals surface area contributed by atoms with Crippen molar-refractivity contribution in [2.45, 2.75) is 57.9 Å². The first-order chi connectivity index (χ1) is 12.7. The van der Waals surface area contributed by atoms with Crippen molar-refractivity contribution in [1.82, 2.24) is 14.7 Å². The average Bonchev–Trinajstić information content (AvgIpc) is 2.72. The zero-order valence-electron chi connectivity index (χ0n) is 16.3. The molecule has 6 heteroatoms. The van der Waals surface area contributed by atoms with Crippen molar-refractivity contribution in [3.8, 4) is 0 Å². The third kappa shape index (κ3) is 4.97. The molecule has 3 fully saturated rings. The minimum Gasteiger partial charge on any atom is -0.378 e. The van der Waals surface area contributed by atoms with Crippen molar-refractivity contribution in [1.29, 1.82) is 0 Å². The molecule has 0 atom stereocenters. The van der Waals surface area contributed by atoms with Crippen LogP contribution >= 0.6 is 0 Å². The lowest BCUT2D eigenvalue weighted by Gasteiger charge is -2.42. The highest BCUT2D eigenvalue weighted by atomic mass is 16.5. The molecule has 0 aromatic rings. The molecular weight excluding hydrogens is 330 g/mol. The molecule has 0 bridgehead atoms. The quantitative estimate of drug-likeness (QED) is 0.745. The highest BCUT2D eigenvalue weighted by Crippen LogP contribution is 2.25. The number of nitrogens with zero attached hydrogens (tertiary/aromatic N) is 3. The molecule has 26 heavy (non-hydrogen) atoms. The Balaban J connectivity index is 1.39. The molecule has 0 spiro atoms. The summed E-state index contributed by atoms with van der Waals surface area (Å²) in [5.41, 5.74) is 0. The Bertz CT molecular complexity index is 463. The summed E-state index contributed by atoms with van der Waals surface area (Å²) < 4.78 is 5.35. The number of amides is 2. The van der Waals surface area contributed by atoms with Crippen LogP contribution < -0.4 is 0 Å². The second-order valence-electron chi connectivity index (χ2n) is 7.96. The van der Waals surface area contributed by atoms with Crippen molar-refractivity contribution in [2.24, 2.45) is 5.92 Å². The Hall–Kier alpha value is -1.14. The maximum atomic E-state index is 12.6. The molecule has 0 aliphatic carbocycles. The second kappa shape index (κ2) is 9.70. The summed E-state index contributed by atoms with van der Waals surface area (Å²) in [5, 5.41) is 0. The van der Waals surface area contributed by atoms with E-state index in [1.54, 1.807) is 0 Å². The zero-order valence-corrected chi connectivity index (χ0v) is 16.3. The van der Waals surface area contributed by atoms with Crippen LogP contribution in [0, 0.1) is 5.92 Å². The van der Waals surface area contributed by atoms with Gasteiger partial charge in [0.25, 0.3) is 0 Å². The van der Waals surface area contributed by atoms with Gasteiger partial charge in [0.2, 0.25) is 11.8 Å². The van der Waals surface area contributed by atoms with Crippen LogP contribution in [0.25, 0.3) is 0 Å². The van der Waals surface area contributed by atoms with Gasteiger partial charge in [0.1, 0.15) is 0 Å². The molecule has 3 saturated heterocycles. The number of carbonyl (C=O) groups is 2. The van der Waals surface area contributed by atoms with Gasteiger partial charge in [0.15, 0.2) is 0 Å². The molecule has 3 heterocycles. The first-order valence-electron chi connectivity index (χ1n) is 10.6. The van der Waals surface area contributed by atoms with Crippen molar-refractivity contribution in [3.63, 3.8) is 0 Å². The highest BCUT2D eigenvalue weighted by Gasteiger charge is 2.33. The largest absolute Gasteiger partial charge is 0.378 e. The molecular formula is C20H35N3O3. The number of rotatable bonds is 5. The van der Waals surface area contributed by atoms with Gasteiger partial charge in [-0.05, 0) is 45.2 Å². The first kappa shape index (κ1) is 19.6. The van der Waals surface area contributed by atoms with E-state index in [-0.39, 0.29) is 5.92 Å². The van der Waals surface area contributed by atoms with E-state index in [1.807, 2.05) is 4.90 Å². The Morgan fingerprint density at radius 3 is 2.15 bits per heavy atom. The van der Waals surface area contributed by atoms with Gasteiger partial charge in [-0.2, -0.15) is 0 Å². The van der Waals surface area contributed by atoms with Crippen LogP contribution in [0.15, 0.2) is 0 Å². The predicted molar refractivity (Wildman–Crippen MR) is 101 cm³/mol. The zero-order chi connectivity index (χ0) is 18.4. The van der Waals surface area contributed by atoms with Crippen LogP contribution in [-0.4, -0.2) is 85.0 Å². The molecule has 6 nitrogen and oxygen atoms in total. The topological polar surface area (TPSA) is 53.1 Å². The highest BCUT2D eigenvalue weighted by molar-refractivity contribution is 5.79. The van der Waals surface area contributed by atoms with Crippen LogP contribution in [-0.2, 0) is 14.3 Å². The van der Waals surface area contributed by atoms with Crippen molar-refractivity contribution >= 4 is 11.8 Å². The Labute approximate surface area is 157 Å². The van der Waals surface area contributed by atoms with Gasteiger partial charge in [-0.1, -0.05) is 13.3 Å². The molecule has 0 radical (unpaired) electrons. The summed E-state index contributed by atoms with van der Waals surface area (Å²) in [5.74, 6) is 0.865. The van der Waals surface area contributed by atoms with Crippen LogP contribution in [0.1, 0.15) is 51.9 Å². The van der Waals surface area contributed by atoms with Crippen molar-refractivity contribution in [2.75, 3.05) is 52.5 Å². The SMILES string of the molecule is CCCCC(=O)N1CCC(N2CCC(C(=O)N3CCOCC3)CC2)CC1. The van der Waals surface area contributed by atoms with E-state index in [1.165, 1.54) is 0 Å². The summed E-state index contributed by atoms with van der Waals surface area (Å²) in [6.45, 7) is 8.85.